The molecule has 0 spiro atoms. The van der Waals surface area contributed by atoms with E-state index in [4.69, 9.17) is 0 Å². The number of amides is 1. The standard InChI is InChI=1S/C12H20N4O/c1-8(2)11-13-7-6-10(15-11)14-9(3)12(17)16(4)5/h6-9H,1-5H3,(H,13,14,15)/t9-/m0/s1. The topological polar surface area (TPSA) is 58.1 Å². The number of anilines is 1. The van der Waals surface area contributed by atoms with E-state index in [-0.39, 0.29) is 17.9 Å². The van der Waals surface area contributed by atoms with E-state index in [0.29, 0.717) is 5.82 Å². The molecular weight excluding hydrogens is 216 g/mol. The van der Waals surface area contributed by atoms with E-state index in [0.717, 1.165) is 5.82 Å². The third-order valence-electron chi connectivity index (χ3n) is 2.37. The van der Waals surface area contributed by atoms with Crippen molar-refractivity contribution < 1.29 is 4.79 Å². The number of rotatable bonds is 4. The number of hydrogen-bond acceptors (Lipinski definition) is 4. The van der Waals surface area contributed by atoms with Crippen LogP contribution in [0.15, 0.2) is 12.3 Å². The van der Waals surface area contributed by atoms with Gasteiger partial charge in [-0.1, -0.05) is 13.8 Å². The maximum absolute atomic E-state index is 11.7. The lowest BCUT2D eigenvalue weighted by Gasteiger charge is -2.18. The van der Waals surface area contributed by atoms with Crippen LogP contribution in [0, 0.1) is 0 Å². The summed E-state index contributed by atoms with van der Waals surface area (Å²) in [6, 6.07) is 1.48. The SMILES string of the molecule is CC(C)c1nccc(N[C@@H](C)C(=O)N(C)C)n1. The van der Waals surface area contributed by atoms with Gasteiger partial charge in [0, 0.05) is 26.2 Å². The van der Waals surface area contributed by atoms with Crippen LogP contribution in [-0.4, -0.2) is 40.9 Å². The number of nitrogens with one attached hydrogen (secondary N) is 1. The van der Waals surface area contributed by atoms with E-state index in [1.807, 2.05) is 20.8 Å². The molecule has 1 amide bonds. The molecule has 1 N–H and O–H groups in total. The molecule has 5 nitrogen and oxygen atoms in total. The summed E-state index contributed by atoms with van der Waals surface area (Å²) in [5.74, 6) is 1.76. The molecular formula is C12H20N4O. The second-order valence-corrected chi connectivity index (χ2v) is 4.55. The summed E-state index contributed by atoms with van der Waals surface area (Å²) < 4.78 is 0. The summed E-state index contributed by atoms with van der Waals surface area (Å²) in [7, 11) is 3.47. The first-order valence-electron chi connectivity index (χ1n) is 5.72. The Hall–Kier alpha value is -1.65. The molecule has 0 fully saturated rings. The van der Waals surface area contributed by atoms with Gasteiger partial charge in [0.2, 0.25) is 5.91 Å². The maximum atomic E-state index is 11.7. The molecule has 1 aromatic heterocycles. The number of likely N-dealkylation sites (N-methyl/N-ethyl adjacent to an activating group) is 1. The zero-order chi connectivity index (χ0) is 13.0. The van der Waals surface area contributed by atoms with E-state index >= 15 is 0 Å². The van der Waals surface area contributed by atoms with E-state index < -0.39 is 0 Å². The van der Waals surface area contributed by atoms with Crippen LogP contribution >= 0.6 is 0 Å². The van der Waals surface area contributed by atoms with Gasteiger partial charge in [-0.3, -0.25) is 4.79 Å². The molecule has 1 aromatic rings. The summed E-state index contributed by atoms with van der Waals surface area (Å²) in [6.07, 6.45) is 1.71. The van der Waals surface area contributed by atoms with Gasteiger partial charge < -0.3 is 10.2 Å². The average molecular weight is 236 g/mol. The largest absolute Gasteiger partial charge is 0.359 e. The van der Waals surface area contributed by atoms with Crippen molar-refractivity contribution in [3.05, 3.63) is 18.1 Å². The summed E-state index contributed by atoms with van der Waals surface area (Å²) >= 11 is 0. The van der Waals surface area contributed by atoms with Gasteiger partial charge in [-0.05, 0) is 13.0 Å². The fraction of sp³-hybridized carbons (Fsp3) is 0.583. The Morgan fingerprint density at radius 3 is 2.53 bits per heavy atom. The first-order valence-corrected chi connectivity index (χ1v) is 5.72. The molecule has 0 unspecified atom stereocenters. The zero-order valence-corrected chi connectivity index (χ0v) is 11.1. The molecule has 0 aliphatic rings. The van der Waals surface area contributed by atoms with Gasteiger partial charge >= 0.3 is 0 Å². The van der Waals surface area contributed by atoms with E-state index in [2.05, 4.69) is 15.3 Å². The van der Waals surface area contributed by atoms with Crippen LogP contribution < -0.4 is 5.32 Å². The van der Waals surface area contributed by atoms with Gasteiger partial charge in [0.15, 0.2) is 0 Å². The number of aromatic nitrogens is 2. The third-order valence-corrected chi connectivity index (χ3v) is 2.37. The summed E-state index contributed by atoms with van der Waals surface area (Å²) in [5, 5.41) is 3.08. The highest BCUT2D eigenvalue weighted by atomic mass is 16.2. The Morgan fingerprint density at radius 2 is 2.00 bits per heavy atom. The van der Waals surface area contributed by atoms with Crippen LogP contribution in [0.4, 0.5) is 5.82 Å². The second kappa shape index (κ2) is 5.61. The summed E-state index contributed by atoms with van der Waals surface area (Å²) in [6.45, 7) is 5.89. The highest BCUT2D eigenvalue weighted by Gasteiger charge is 2.15. The molecule has 0 aromatic carbocycles. The molecule has 0 saturated carbocycles. The van der Waals surface area contributed by atoms with Gasteiger partial charge in [-0.25, -0.2) is 9.97 Å². The minimum atomic E-state index is -0.292. The Labute approximate surface area is 102 Å². The summed E-state index contributed by atoms with van der Waals surface area (Å²) in [4.78, 5) is 21.8. The molecule has 0 aliphatic heterocycles. The fourth-order valence-corrected chi connectivity index (χ4v) is 1.40. The molecule has 5 heteroatoms. The minimum Gasteiger partial charge on any atom is -0.359 e. The van der Waals surface area contributed by atoms with Gasteiger partial charge in [0.1, 0.15) is 17.7 Å². The predicted molar refractivity (Wildman–Crippen MR) is 67.9 cm³/mol. The van der Waals surface area contributed by atoms with Gasteiger partial charge in [0.25, 0.3) is 0 Å². The summed E-state index contributed by atoms with van der Waals surface area (Å²) in [5.41, 5.74) is 0. The molecule has 17 heavy (non-hydrogen) atoms. The monoisotopic (exact) mass is 236 g/mol. The maximum Gasteiger partial charge on any atom is 0.244 e. The Bertz CT molecular complexity index is 390. The van der Waals surface area contributed by atoms with Crippen LogP contribution in [0.1, 0.15) is 32.5 Å². The lowest BCUT2D eigenvalue weighted by molar-refractivity contribution is -0.129. The van der Waals surface area contributed by atoms with Crippen molar-refractivity contribution in [2.24, 2.45) is 0 Å². The van der Waals surface area contributed by atoms with Crippen molar-refractivity contribution in [3.63, 3.8) is 0 Å². The van der Waals surface area contributed by atoms with Gasteiger partial charge in [0.05, 0.1) is 0 Å². The highest BCUT2D eigenvalue weighted by molar-refractivity contribution is 5.83. The van der Waals surface area contributed by atoms with Crippen LogP contribution in [0.2, 0.25) is 0 Å². The number of nitrogens with zero attached hydrogens (tertiary/aromatic N) is 3. The molecule has 0 bridgehead atoms. The predicted octanol–water partition coefficient (Wildman–Crippen LogP) is 1.49. The van der Waals surface area contributed by atoms with Crippen molar-refractivity contribution in [2.75, 3.05) is 19.4 Å². The molecule has 0 aliphatic carbocycles. The highest BCUT2D eigenvalue weighted by Crippen LogP contribution is 2.11. The molecule has 1 rings (SSSR count). The molecule has 1 atom stereocenters. The van der Waals surface area contributed by atoms with Gasteiger partial charge in [-0.15, -0.1) is 0 Å². The quantitative estimate of drug-likeness (QED) is 0.860. The van der Waals surface area contributed by atoms with Crippen LogP contribution in [-0.2, 0) is 4.79 Å². The molecule has 0 saturated heterocycles. The van der Waals surface area contributed by atoms with Gasteiger partial charge in [-0.2, -0.15) is 0 Å². The second-order valence-electron chi connectivity index (χ2n) is 4.55. The van der Waals surface area contributed by atoms with Crippen molar-refractivity contribution in [2.45, 2.75) is 32.7 Å². The number of carbonyl (C=O) groups excluding carboxylic acids is 1. The smallest absolute Gasteiger partial charge is 0.244 e. The fourth-order valence-electron chi connectivity index (χ4n) is 1.40. The number of carbonyl (C=O) groups is 1. The van der Waals surface area contributed by atoms with Crippen LogP contribution in [0.5, 0.6) is 0 Å². The van der Waals surface area contributed by atoms with Crippen molar-refractivity contribution in [3.8, 4) is 0 Å². The zero-order valence-electron chi connectivity index (χ0n) is 11.1. The minimum absolute atomic E-state index is 0.0229. The molecule has 1 heterocycles. The normalized spacial score (nSPS) is 12.4. The molecule has 94 valence electrons. The van der Waals surface area contributed by atoms with Crippen molar-refractivity contribution >= 4 is 11.7 Å². The van der Waals surface area contributed by atoms with E-state index in [1.165, 1.54) is 0 Å². The van der Waals surface area contributed by atoms with E-state index in [9.17, 15) is 4.79 Å². The molecule has 0 radical (unpaired) electrons. The number of hydrogen-bond donors (Lipinski definition) is 1. The Balaban J connectivity index is 2.75. The first kappa shape index (κ1) is 13.4. The van der Waals surface area contributed by atoms with Crippen molar-refractivity contribution in [1.82, 2.24) is 14.9 Å². The Morgan fingerprint density at radius 1 is 1.35 bits per heavy atom. The lowest BCUT2D eigenvalue weighted by atomic mass is 10.2. The van der Waals surface area contributed by atoms with Crippen LogP contribution in [0.3, 0.4) is 0 Å². The first-order chi connectivity index (χ1) is 7.91. The Kier molecular flexibility index (Phi) is 4.43. The van der Waals surface area contributed by atoms with Crippen molar-refractivity contribution in [1.29, 1.82) is 0 Å². The third kappa shape index (κ3) is 3.69. The average Bonchev–Trinajstić information content (AvgIpc) is 2.28. The van der Waals surface area contributed by atoms with E-state index in [1.54, 1.807) is 31.3 Å². The van der Waals surface area contributed by atoms with Crippen LogP contribution in [0.25, 0.3) is 0 Å². The lowest BCUT2D eigenvalue weighted by Crippen LogP contribution is -2.36.